The van der Waals surface area contributed by atoms with Crippen molar-refractivity contribution in [3.8, 4) is 0 Å². The van der Waals surface area contributed by atoms with Gasteiger partial charge in [0.25, 0.3) is 0 Å². The van der Waals surface area contributed by atoms with Gasteiger partial charge in [0.05, 0.1) is 17.4 Å². The monoisotopic (exact) mass is 339 g/mol. The lowest BCUT2D eigenvalue weighted by Gasteiger charge is -2.30. The fourth-order valence-electron chi connectivity index (χ4n) is 2.79. The molecule has 128 valence electrons. The van der Waals surface area contributed by atoms with Crippen molar-refractivity contribution in [3.05, 3.63) is 29.8 Å². The molecule has 0 radical (unpaired) electrons. The number of nitrogens with zero attached hydrogens (tertiary/aromatic N) is 1. The van der Waals surface area contributed by atoms with Crippen LogP contribution in [-0.2, 0) is 19.6 Å². The first kappa shape index (κ1) is 17.9. The molecule has 0 saturated carbocycles. The fraction of sp³-hybridized carbons (Fsp3) is 0.588. The van der Waals surface area contributed by atoms with Gasteiger partial charge >= 0.3 is 5.97 Å². The normalized spacial score (nSPS) is 19.7. The summed E-state index contributed by atoms with van der Waals surface area (Å²) in [5.74, 6) is -0.314. The molecule has 0 amide bonds. The van der Waals surface area contributed by atoms with Crippen LogP contribution in [0.3, 0.4) is 0 Å². The van der Waals surface area contributed by atoms with E-state index in [-0.39, 0.29) is 23.3 Å². The molecular weight excluding hydrogens is 314 g/mol. The summed E-state index contributed by atoms with van der Waals surface area (Å²) in [6, 6.07) is 7.01. The molecule has 5 nitrogen and oxygen atoms in total. The van der Waals surface area contributed by atoms with Crippen molar-refractivity contribution >= 4 is 16.0 Å². The van der Waals surface area contributed by atoms with E-state index in [4.69, 9.17) is 4.74 Å². The van der Waals surface area contributed by atoms with E-state index in [9.17, 15) is 13.2 Å². The average molecular weight is 339 g/mol. The minimum Gasteiger partial charge on any atom is -0.466 e. The van der Waals surface area contributed by atoms with E-state index in [0.717, 1.165) is 5.56 Å². The highest BCUT2D eigenvalue weighted by Crippen LogP contribution is 2.25. The number of benzene rings is 1. The maximum atomic E-state index is 12.8. The van der Waals surface area contributed by atoms with E-state index in [1.807, 2.05) is 12.1 Å². The third kappa shape index (κ3) is 4.12. The van der Waals surface area contributed by atoms with Gasteiger partial charge < -0.3 is 4.74 Å². The molecule has 0 bridgehead atoms. The zero-order chi connectivity index (χ0) is 17.0. The van der Waals surface area contributed by atoms with Gasteiger partial charge in [-0.25, -0.2) is 8.42 Å². The predicted molar refractivity (Wildman–Crippen MR) is 88.6 cm³/mol. The van der Waals surface area contributed by atoms with Crippen molar-refractivity contribution in [3.63, 3.8) is 0 Å². The van der Waals surface area contributed by atoms with Gasteiger partial charge in [-0.1, -0.05) is 26.0 Å². The number of carbonyl (C=O) groups is 1. The number of ether oxygens (including phenoxy) is 1. The number of hydrogen-bond acceptors (Lipinski definition) is 4. The van der Waals surface area contributed by atoms with Crippen LogP contribution in [0.2, 0.25) is 0 Å². The second-order valence-corrected chi connectivity index (χ2v) is 8.12. The van der Waals surface area contributed by atoms with Crippen LogP contribution in [0, 0.1) is 5.92 Å². The largest absolute Gasteiger partial charge is 0.466 e. The first-order chi connectivity index (χ1) is 10.9. The number of esters is 1. The SMILES string of the molecule is CCOC(=O)[C@H]1CCCN(S(=O)(=O)c2ccc(C(C)C)cc2)C1. The predicted octanol–water partition coefficient (Wildman–Crippen LogP) is 2.77. The van der Waals surface area contributed by atoms with Gasteiger partial charge in [0.1, 0.15) is 0 Å². The second kappa shape index (κ2) is 7.45. The zero-order valence-corrected chi connectivity index (χ0v) is 14.8. The van der Waals surface area contributed by atoms with Crippen molar-refractivity contribution in [2.75, 3.05) is 19.7 Å². The molecule has 0 spiro atoms. The maximum absolute atomic E-state index is 12.8. The van der Waals surface area contributed by atoms with E-state index in [1.54, 1.807) is 19.1 Å². The molecule has 6 heteroatoms. The van der Waals surface area contributed by atoms with Gasteiger partial charge in [-0.05, 0) is 43.4 Å². The van der Waals surface area contributed by atoms with Crippen LogP contribution >= 0.6 is 0 Å². The molecule has 1 aromatic rings. The van der Waals surface area contributed by atoms with Crippen LogP contribution in [0.4, 0.5) is 0 Å². The summed E-state index contributed by atoms with van der Waals surface area (Å²) in [4.78, 5) is 12.2. The highest BCUT2D eigenvalue weighted by atomic mass is 32.2. The molecule has 1 aliphatic heterocycles. The van der Waals surface area contributed by atoms with Crippen LogP contribution < -0.4 is 0 Å². The van der Waals surface area contributed by atoms with Gasteiger partial charge in [-0.15, -0.1) is 0 Å². The van der Waals surface area contributed by atoms with Crippen molar-refractivity contribution in [1.82, 2.24) is 4.31 Å². The lowest BCUT2D eigenvalue weighted by atomic mass is 10.0. The van der Waals surface area contributed by atoms with Crippen LogP contribution in [0.5, 0.6) is 0 Å². The number of rotatable bonds is 5. The maximum Gasteiger partial charge on any atom is 0.310 e. The Hall–Kier alpha value is -1.40. The third-order valence-electron chi connectivity index (χ3n) is 4.19. The van der Waals surface area contributed by atoms with E-state index in [0.29, 0.717) is 31.9 Å². The van der Waals surface area contributed by atoms with Gasteiger partial charge in [0, 0.05) is 13.1 Å². The minimum absolute atomic E-state index is 0.201. The molecule has 1 heterocycles. The Balaban J connectivity index is 2.16. The van der Waals surface area contributed by atoms with Gasteiger partial charge in [0.15, 0.2) is 0 Å². The smallest absolute Gasteiger partial charge is 0.310 e. The molecule has 2 rings (SSSR count). The Morgan fingerprint density at radius 1 is 1.30 bits per heavy atom. The molecule has 0 unspecified atom stereocenters. The molecule has 0 N–H and O–H groups in total. The van der Waals surface area contributed by atoms with Crippen LogP contribution in [-0.4, -0.2) is 38.4 Å². The number of sulfonamides is 1. The van der Waals surface area contributed by atoms with Gasteiger partial charge in [-0.2, -0.15) is 4.31 Å². The Labute approximate surface area is 138 Å². The number of carbonyl (C=O) groups excluding carboxylic acids is 1. The molecule has 0 aromatic heterocycles. The molecule has 23 heavy (non-hydrogen) atoms. The molecule has 1 atom stereocenters. The average Bonchev–Trinajstić information content (AvgIpc) is 2.55. The summed E-state index contributed by atoms with van der Waals surface area (Å²) in [5.41, 5.74) is 1.10. The minimum atomic E-state index is -3.56. The first-order valence-electron chi connectivity index (χ1n) is 8.13. The fourth-order valence-corrected chi connectivity index (χ4v) is 4.31. The van der Waals surface area contributed by atoms with Crippen molar-refractivity contribution < 1.29 is 17.9 Å². The highest BCUT2D eigenvalue weighted by molar-refractivity contribution is 7.89. The third-order valence-corrected chi connectivity index (χ3v) is 6.07. The summed E-state index contributed by atoms with van der Waals surface area (Å²) in [5, 5.41) is 0. The summed E-state index contributed by atoms with van der Waals surface area (Å²) >= 11 is 0. The van der Waals surface area contributed by atoms with Crippen molar-refractivity contribution in [2.45, 2.75) is 44.4 Å². The Morgan fingerprint density at radius 3 is 2.52 bits per heavy atom. The summed E-state index contributed by atoms with van der Waals surface area (Å²) < 4.78 is 32.0. The quantitative estimate of drug-likeness (QED) is 0.774. The number of hydrogen-bond donors (Lipinski definition) is 0. The summed E-state index contributed by atoms with van der Waals surface area (Å²) in [6.07, 6.45) is 1.35. The van der Waals surface area contributed by atoms with Crippen molar-refractivity contribution in [2.24, 2.45) is 5.92 Å². The van der Waals surface area contributed by atoms with Gasteiger partial charge in [0.2, 0.25) is 10.0 Å². The van der Waals surface area contributed by atoms with E-state index < -0.39 is 10.0 Å². The zero-order valence-electron chi connectivity index (χ0n) is 14.0. The Bertz CT molecular complexity index is 637. The standard InChI is InChI=1S/C17H25NO4S/c1-4-22-17(19)15-6-5-11-18(12-15)23(20,21)16-9-7-14(8-10-16)13(2)3/h7-10,13,15H,4-6,11-12H2,1-3H3/t15-/m0/s1. The molecule has 0 aliphatic carbocycles. The molecule has 1 fully saturated rings. The summed E-state index contributed by atoms with van der Waals surface area (Å²) in [6.45, 7) is 6.86. The lowest BCUT2D eigenvalue weighted by Crippen LogP contribution is -2.42. The molecule has 1 aromatic carbocycles. The Morgan fingerprint density at radius 2 is 1.96 bits per heavy atom. The van der Waals surface area contributed by atoms with Crippen molar-refractivity contribution in [1.29, 1.82) is 0 Å². The van der Waals surface area contributed by atoms with E-state index in [2.05, 4.69) is 13.8 Å². The van der Waals surface area contributed by atoms with Crippen LogP contribution in [0.25, 0.3) is 0 Å². The highest BCUT2D eigenvalue weighted by Gasteiger charge is 2.33. The topological polar surface area (TPSA) is 63.7 Å². The van der Waals surface area contributed by atoms with Crippen LogP contribution in [0.15, 0.2) is 29.2 Å². The lowest BCUT2D eigenvalue weighted by molar-refractivity contribution is -0.149. The Kier molecular flexibility index (Phi) is 5.81. The van der Waals surface area contributed by atoms with Crippen LogP contribution in [0.1, 0.15) is 45.1 Å². The molecule has 1 saturated heterocycles. The van der Waals surface area contributed by atoms with Gasteiger partial charge in [-0.3, -0.25) is 4.79 Å². The summed E-state index contributed by atoms with van der Waals surface area (Å²) in [7, 11) is -3.56. The first-order valence-corrected chi connectivity index (χ1v) is 9.57. The molecule has 1 aliphatic rings. The van der Waals surface area contributed by atoms with E-state index >= 15 is 0 Å². The number of piperidine rings is 1. The van der Waals surface area contributed by atoms with E-state index in [1.165, 1.54) is 4.31 Å². The second-order valence-electron chi connectivity index (χ2n) is 6.18. The molecular formula is C17H25NO4S.